The van der Waals surface area contributed by atoms with E-state index in [2.05, 4.69) is 29.9 Å². The van der Waals surface area contributed by atoms with Gasteiger partial charge in [-0.25, -0.2) is 4.39 Å². The molecule has 2 aliphatic rings. The van der Waals surface area contributed by atoms with Crippen molar-refractivity contribution in [1.29, 1.82) is 0 Å². The molecule has 0 radical (unpaired) electrons. The number of benzene rings is 1. The zero-order chi connectivity index (χ0) is 17.1. The monoisotopic (exact) mass is 344 g/mol. The van der Waals surface area contributed by atoms with Gasteiger partial charge in [-0.3, -0.25) is 9.47 Å². The maximum atomic E-state index is 13.0. The number of fused-ring (bicyclic) bond motifs is 1. The van der Waals surface area contributed by atoms with E-state index in [0.29, 0.717) is 0 Å². The molecule has 2 aliphatic heterocycles. The van der Waals surface area contributed by atoms with Crippen LogP contribution in [0.4, 0.5) is 16.0 Å². The molecule has 0 amide bonds. The predicted molar refractivity (Wildman–Crippen MR) is 96.5 cm³/mol. The topological polar surface area (TPSA) is 49.2 Å². The number of aromatic nitrogens is 3. The van der Waals surface area contributed by atoms with E-state index in [1.807, 2.05) is 12.1 Å². The molecule has 7 heteroatoms. The van der Waals surface area contributed by atoms with Gasteiger partial charge >= 0.3 is 0 Å². The second-order valence-corrected chi connectivity index (χ2v) is 6.78. The van der Waals surface area contributed by atoms with Gasteiger partial charge in [-0.05, 0) is 37.1 Å². The molecule has 1 aromatic carbocycles. The summed E-state index contributed by atoms with van der Waals surface area (Å²) < 4.78 is 15.3. The van der Waals surface area contributed by atoms with E-state index in [9.17, 15) is 4.39 Å². The molecule has 134 valence electrons. The van der Waals surface area contributed by atoms with Crippen LogP contribution in [0.2, 0.25) is 0 Å². The average molecular weight is 344 g/mol. The molecular weight excluding hydrogens is 319 g/mol. The molecular formula is C18H25FN6. The number of piperazine rings is 1. The zero-order valence-corrected chi connectivity index (χ0v) is 14.5. The molecule has 0 atom stereocenters. The molecule has 4 rings (SSSR count). The smallest absolute Gasteiger partial charge is 0.224 e. The summed E-state index contributed by atoms with van der Waals surface area (Å²) in [5.41, 5.74) is 1.11. The van der Waals surface area contributed by atoms with Gasteiger partial charge in [0.25, 0.3) is 0 Å². The van der Waals surface area contributed by atoms with Crippen LogP contribution >= 0.6 is 0 Å². The molecule has 1 fully saturated rings. The highest BCUT2D eigenvalue weighted by atomic mass is 19.1. The van der Waals surface area contributed by atoms with Crippen molar-refractivity contribution in [3.63, 3.8) is 0 Å². The largest absolute Gasteiger partial charge is 0.369 e. The lowest BCUT2D eigenvalue weighted by atomic mass is 10.2. The predicted octanol–water partition coefficient (Wildman–Crippen LogP) is 1.99. The summed E-state index contributed by atoms with van der Waals surface area (Å²) in [5.74, 6) is 1.85. The molecule has 25 heavy (non-hydrogen) atoms. The third kappa shape index (κ3) is 3.76. The molecule has 6 nitrogen and oxygen atoms in total. The van der Waals surface area contributed by atoms with Crippen LogP contribution in [0.3, 0.4) is 0 Å². The van der Waals surface area contributed by atoms with Crippen molar-refractivity contribution in [3.8, 4) is 0 Å². The van der Waals surface area contributed by atoms with Gasteiger partial charge in [0.05, 0.1) is 0 Å². The van der Waals surface area contributed by atoms with Crippen LogP contribution in [0.5, 0.6) is 0 Å². The van der Waals surface area contributed by atoms with Gasteiger partial charge in [0, 0.05) is 57.9 Å². The van der Waals surface area contributed by atoms with Crippen LogP contribution in [-0.4, -0.2) is 58.9 Å². The first-order chi connectivity index (χ1) is 12.3. The van der Waals surface area contributed by atoms with E-state index in [1.54, 1.807) is 0 Å². The maximum absolute atomic E-state index is 13.0. The summed E-state index contributed by atoms with van der Waals surface area (Å²) >= 11 is 0. The molecule has 0 aliphatic carbocycles. The van der Waals surface area contributed by atoms with Gasteiger partial charge < -0.3 is 10.2 Å². The Morgan fingerprint density at radius 1 is 0.960 bits per heavy atom. The molecule has 0 spiro atoms. The van der Waals surface area contributed by atoms with E-state index < -0.39 is 0 Å². The highest BCUT2D eigenvalue weighted by molar-refractivity contribution is 5.46. The number of anilines is 2. The Labute approximate surface area is 147 Å². The molecule has 1 saturated heterocycles. The molecule has 0 bridgehead atoms. The summed E-state index contributed by atoms with van der Waals surface area (Å²) in [6.07, 6.45) is 3.47. The Bertz CT molecular complexity index is 690. The van der Waals surface area contributed by atoms with Gasteiger partial charge in [0.15, 0.2) is 0 Å². The minimum atomic E-state index is -0.177. The fraction of sp³-hybridized carbons (Fsp3) is 0.556. The van der Waals surface area contributed by atoms with E-state index >= 15 is 0 Å². The highest BCUT2D eigenvalue weighted by Crippen LogP contribution is 2.18. The van der Waals surface area contributed by atoms with Crippen molar-refractivity contribution in [2.45, 2.75) is 25.8 Å². The lowest BCUT2D eigenvalue weighted by molar-refractivity contribution is 0.267. The molecule has 0 saturated carbocycles. The SMILES string of the molecule is Fc1ccc(N2CCN(CCNc3nnc4n3CCCC4)CC2)cc1. The second kappa shape index (κ2) is 7.39. The fourth-order valence-corrected chi connectivity index (χ4v) is 3.65. The van der Waals surface area contributed by atoms with Crippen LogP contribution in [-0.2, 0) is 13.0 Å². The number of nitrogens with zero attached hydrogens (tertiary/aromatic N) is 5. The number of halogens is 1. The molecule has 1 N–H and O–H groups in total. The average Bonchev–Trinajstić information content (AvgIpc) is 3.06. The number of hydrogen-bond donors (Lipinski definition) is 1. The summed E-state index contributed by atoms with van der Waals surface area (Å²) in [6.45, 7) is 6.92. The van der Waals surface area contributed by atoms with E-state index in [0.717, 1.165) is 69.7 Å². The Morgan fingerprint density at radius 2 is 1.76 bits per heavy atom. The van der Waals surface area contributed by atoms with Crippen molar-refractivity contribution in [1.82, 2.24) is 19.7 Å². The quantitative estimate of drug-likeness (QED) is 0.899. The lowest BCUT2D eigenvalue weighted by Gasteiger charge is -2.36. The molecule has 3 heterocycles. The standard InChI is InChI=1S/C18H25FN6/c19-15-4-6-16(7-5-15)24-13-11-23(12-14-24)10-8-20-18-22-21-17-3-1-2-9-25(17)18/h4-7H,1-3,8-14H2,(H,20,22). The number of rotatable bonds is 5. The van der Waals surface area contributed by atoms with Crippen LogP contribution < -0.4 is 10.2 Å². The molecule has 0 unspecified atom stereocenters. The van der Waals surface area contributed by atoms with E-state index in [-0.39, 0.29) is 5.82 Å². The second-order valence-electron chi connectivity index (χ2n) is 6.78. The van der Waals surface area contributed by atoms with Crippen molar-refractivity contribution in [2.75, 3.05) is 49.5 Å². The summed E-state index contributed by atoms with van der Waals surface area (Å²) in [6, 6.07) is 6.79. The van der Waals surface area contributed by atoms with Crippen LogP contribution in [0.25, 0.3) is 0 Å². The van der Waals surface area contributed by atoms with Crippen molar-refractivity contribution >= 4 is 11.6 Å². The Balaban J connectivity index is 1.23. The highest BCUT2D eigenvalue weighted by Gasteiger charge is 2.18. The lowest BCUT2D eigenvalue weighted by Crippen LogP contribution is -2.47. The minimum Gasteiger partial charge on any atom is -0.369 e. The van der Waals surface area contributed by atoms with Crippen LogP contribution in [0, 0.1) is 5.82 Å². The molecule has 1 aromatic heterocycles. The third-order valence-electron chi connectivity index (χ3n) is 5.13. The number of nitrogens with one attached hydrogen (secondary N) is 1. The van der Waals surface area contributed by atoms with Gasteiger partial charge in [-0.15, -0.1) is 10.2 Å². The van der Waals surface area contributed by atoms with Crippen LogP contribution in [0.1, 0.15) is 18.7 Å². The van der Waals surface area contributed by atoms with Gasteiger partial charge in [-0.2, -0.15) is 0 Å². The first-order valence-electron chi connectivity index (χ1n) is 9.18. The summed E-state index contributed by atoms with van der Waals surface area (Å²) in [4.78, 5) is 4.78. The summed E-state index contributed by atoms with van der Waals surface area (Å²) in [7, 11) is 0. The first kappa shape index (κ1) is 16.3. The zero-order valence-electron chi connectivity index (χ0n) is 14.5. The first-order valence-corrected chi connectivity index (χ1v) is 9.18. The Hall–Kier alpha value is -2.15. The van der Waals surface area contributed by atoms with Gasteiger partial charge in [0.2, 0.25) is 5.95 Å². The van der Waals surface area contributed by atoms with Crippen molar-refractivity contribution in [3.05, 3.63) is 35.9 Å². The third-order valence-corrected chi connectivity index (χ3v) is 5.13. The Morgan fingerprint density at radius 3 is 2.56 bits per heavy atom. The number of aryl methyl sites for hydroxylation is 1. The maximum Gasteiger partial charge on any atom is 0.224 e. The van der Waals surface area contributed by atoms with Crippen molar-refractivity contribution in [2.24, 2.45) is 0 Å². The number of hydrogen-bond acceptors (Lipinski definition) is 5. The fourth-order valence-electron chi connectivity index (χ4n) is 3.65. The van der Waals surface area contributed by atoms with E-state index in [1.165, 1.54) is 25.0 Å². The van der Waals surface area contributed by atoms with E-state index in [4.69, 9.17) is 0 Å². The van der Waals surface area contributed by atoms with Gasteiger partial charge in [0.1, 0.15) is 11.6 Å². The normalized spacial score (nSPS) is 18.2. The minimum absolute atomic E-state index is 0.177. The summed E-state index contributed by atoms with van der Waals surface area (Å²) in [5, 5.41) is 12.0. The van der Waals surface area contributed by atoms with Gasteiger partial charge in [-0.1, -0.05) is 0 Å². The molecule has 2 aromatic rings. The Kier molecular flexibility index (Phi) is 4.83. The van der Waals surface area contributed by atoms with Crippen LogP contribution in [0.15, 0.2) is 24.3 Å². The van der Waals surface area contributed by atoms with Crippen molar-refractivity contribution < 1.29 is 4.39 Å².